The van der Waals surface area contributed by atoms with Crippen molar-refractivity contribution in [2.45, 2.75) is 57.9 Å². The Morgan fingerprint density at radius 3 is 2.59 bits per heavy atom. The van der Waals surface area contributed by atoms with Crippen LogP contribution in [0.1, 0.15) is 61.6 Å². The van der Waals surface area contributed by atoms with Crippen LogP contribution < -0.4 is 4.90 Å². The number of hydrogen-bond donors (Lipinski definition) is 0. The minimum Gasteiger partial charge on any atom is -0.371 e. The van der Waals surface area contributed by atoms with Crippen LogP contribution in [0.15, 0.2) is 30.6 Å². The Bertz CT molecular complexity index is 964. The molecule has 5 nitrogen and oxygen atoms in total. The molecule has 5 rings (SSSR count). The van der Waals surface area contributed by atoms with Crippen LogP contribution in [0, 0.1) is 6.92 Å². The van der Waals surface area contributed by atoms with E-state index in [2.05, 4.69) is 57.8 Å². The smallest absolute Gasteiger partial charge is 0.136 e. The van der Waals surface area contributed by atoms with Gasteiger partial charge in [-0.05, 0) is 50.7 Å². The second-order valence-electron chi connectivity index (χ2n) is 7.98. The van der Waals surface area contributed by atoms with Crippen LogP contribution >= 0.6 is 0 Å². The van der Waals surface area contributed by atoms with E-state index in [1.807, 2.05) is 6.33 Å². The quantitative estimate of drug-likeness (QED) is 0.690. The summed E-state index contributed by atoms with van der Waals surface area (Å²) in [5.74, 6) is 1.74. The summed E-state index contributed by atoms with van der Waals surface area (Å²) in [4.78, 5) is 7.43. The Balaban J connectivity index is 1.45. The van der Waals surface area contributed by atoms with Crippen LogP contribution in [0.25, 0.3) is 10.9 Å². The van der Waals surface area contributed by atoms with Crippen molar-refractivity contribution in [3.8, 4) is 0 Å². The van der Waals surface area contributed by atoms with Crippen molar-refractivity contribution in [1.82, 2.24) is 19.7 Å². The Hall–Kier alpha value is -2.43. The van der Waals surface area contributed by atoms with E-state index < -0.39 is 0 Å². The Morgan fingerprint density at radius 1 is 1.07 bits per heavy atom. The number of anilines is 1. The van der Waals surface area contributed by atoms with E-state index in [1.54, 1.807) is 0 Å². The van der Waals surface area contributed by atoms with Crippen molar-refractivity contribution >= 4 is 16.6 Å². The van der Waals surface area contributed by atoms with Crippen LogP contribution in [0.3, 0.4) is 0 Å². The lowest BCUT2D eigenvalue weighted by atomic mass is 9.93. The summed E-state index contributed by atoms with van der Waals surface area (Å²) in [7, 11) is 0. The summed E-state index contributed by atoms with van der Waals surface area (Å²) in [6.45, 7) is 6.54. The SMILES string of the molecule is CCc1c(C)nc2ccccc2c1N1CCC(c2nncn2C2CC2)CC1. The van der Waals surface area contributed by atoms with Gasteiger partial charge in [-0.2, -0.15) is 0 Å². The van der Waals surface area contributed by atoms with Gasteiger partial charge in [-0.3, -0.25) is 4.98 Å². The third kappa shape index (κ3) is 2.89. The summed E-state index contributed by atoms with van der Waals surface area (Å²) in [5.41, 5.74) is 5.08. The Kier molecular flexibility index (Phi) is 4.10. The lowest BCUT2D eigenvalue weighted by molar-refractivity contribution is 0.465. The highest BCUT2D eigenvalue weighted by Gasteiger charge is 2.31. The fourth-order valence-corrected chi connectivity index (χ4v) is 4.68. The largest absolute Gasteiger partial charge is 0.371 e. The molecule has 5 heteroatoms. The maximum atomic E-state index is 4.85. The van der Waals surface area contributed by atoms with Gasteiger partial charge in [0, 0.05) is 36.1 Å². The van der Waals surface area contributed by atoms with Gasteiger partial charge in [0.15, 0.2) is 0 Å². The van der Waals surface area contributed by atoms with E-state index in [0.29, 0.717) is 12.0 Å². The topological polar surface area (TPSA) is 46.8 Å². The predicted octanol–water partition coefficient (Wildman–Crippen LogP) is 4.42. The average molecular weight is 361 g/mol. The first-order valence-corrected chi connectivity index (χ1v) is 10.3. The standard InChI is InChI=1S/C22H27N5/c1-3-18-15(2)24-20-7-5-4-6-19(20)21(18)26-12-10-16(11-13-26)22-25-23-14-27(22)17-8-9-17/h4-7,14,16-17H,3,8-13H2,1-2H3. The first-order valence-electron chi connectivity index (χ1n) is 10.3. The zero-order valence-corrected chi connectivity index (χ0v) is 16.2. The fourth-order valence-electron chi connectivity index (χ4n) is 4.68. The average Bonchev–Trinajstić information content (AvgIpc) is 3.43. The normalized spacial score (nSPS) is 18.4. The molecule has 3 heterocycles. The fraction of sp³-hybridized carbons (Fsp3) is 0.500. The maximum Gasteiger partial charge on any atom is 0.136 e. The van der Waals surface area contributed by atoms with E-state index in [4.69, 9.17) is 4.98 Å². The second-order valence-corrected chi connectivity index (χ2v) is 7.98. The number of nitrogens with zero attached hydrogens (tertiary/aromatic N) is 5. The number of benzene rings is 1. The summed E-state index contributed by atoms with van der Waals surface area (Å²) >= 11 is 0. The minimum absolute atomic E-state index is 0.531. The van der Waals surface area contributed by atoms with E-state index in [-0.39, 0.29) is 0 Å². The van der Waals surface area contributed by atoms with Gasteiger partial charge in [0.1, 0.15) is 12.2 Å². The molecule has 2 fully saturated rings. The van der Waals surface area contributed by atoms with E-state index >= 15 is 0 Å². The van der Waals surface area contributed by atoms with Gasteiger partial charge in [-0.1, -0.05) is 25.1 Å². The van der Waals surface area contributed by atoms with Crippen molar-refractivity contribution in [2.75, 3.05) is 18.0 Å². The molecule has 1 aliphatic carbocycles. The third-order valence-electron chi connectivity index (χ3n) is 6.24. The molecule has 1 saturated heterocycles. The molecule has 2 aromatic heterocycles. The molecule has 1 saturated carbocycles. The van der Waals surface area contributed by atoms with Crippen LogP contribution in [-0.4, -0.2) is 32.8 Å². The number of fused-ring (bicyclic) bond motifs is 1. The number of hydrogen-bond acceptors (Lipinski definition) is 4. The van der Waals surface area contributed by atoms with Crippen molar-refractivity contribution in [2.24, 2.45) is 0 Å². The molecule has 2 aliphatic rings. The molecule has 140 valence electrons. The molecule has 0 N–H and O–H groups in total. The highest BCUT2D eigenvalue weighted by Crippen LogP contribution is 2.40. The molecule has 27 heavy (non-hydrogen) atoms. The monoisotopic (exact) mass is 361 g/mol. The van der Waals surface area contributed by atoms with Crippen LogP contribution in [-0.2, 0) is 6.42 Å². The lowest BCUT2D eigenvalue weighted by Gasteiger charge is -2.35. The zero-order chi connectivity index (χ0) is 18.4. The molecule has 1 aliphatic heterocycles. The van der Waals surface area contributed by atoms with Gasteiger partial charge in [0.2, 0.25) is 0 Å². The van der Waals surface area contributed by atoms with Gasteiger partial charge in [-0.15, -0.1) is 10.2 Å². The molecule has 1 aromatic carbocycles. The predicted molar refractivity (Wildman–Crippen MR) is 108 cm³/mol. The van der Waals surface area contributed by atoms with Crippen LogP contribution in [0.2, 0.25) is 0 Å². The van der Waals surface area contributed by atoms with Crippen molar-refractivity contribution in [3.05, 3.63) is 47.7 Å². The van der Waals surface area contributed by atoms with E-state index in [0.717, 1.165) is 37.9 Å². The zero-order valence-electron chi connectivity index (χ0n) is 16.2. The third-order valence-corrected chi connectivity index (χ3v) is 6.24. The van der Waals surface area contributed by atoms with Crippen LogP contribution in [0.4, 0.5) is 5.69 Å². The van der Waals surface area contributed by atoms with Crippen molar-refractivity contribution in [1.29, 1.82) is 0 Å². The van der Waals surface area contributed by atoms with E-state index in [9.17, 15) is 0 Å². The van der Waals surface area contributed by atoms with Gasteiger partial charge in [0.05, 0.1) is 11.2 Å². The van der Waals surface area contributed by atoms with Gasteiger partial charge in [0.25, 0.3) is 0 Å². The number of aromatic nitrogens is 4. The molecule has 0 amide bonds. The van der Waals surface area contributed by atoms with Crippen molar-refractivity contribution in [3.63, 3.8) is 0 Å². The Morgan fingerprint density at radius 2 is 1.85 bits per heavy atom. The summed E-state index contributed by atoms with van der Waals surface area (Å²) in [5, 5.41) is 9.98. The number of pyridine rings is 1. The molecule has 0 unspecified atom stereocenters. The molecule has 0 spiro atoms. The molecule has 0 radical (unpaired) electrons. The number of rotatable bonds is 4. The lowest BCUT2D eigenvalue weighted by Crippen LogP contribution is -2.34. The number of piperidine rings is 1. The molecule has 0 atom stereocenters. The second kappa shape index (κ2) is 6.63. The summed E-state index contributed by atoms with van der Waals surface area (Å²) < 4.78 is 2.34. The number of para-hydroxylation sites is 1. The maximum absolute atomic E-state index is 4.85. The number of aryl methyl sites for hydroxylation is 1. The van der Waals surface area contributed by atoms with E-state index in [1.165, 1.54) is 41.0 Å². The minimum atomic E-state index is 0.531. The highest BCUT2D eigenvalue weighted by molar-refractivity contribution is 5.94. The molecular formula is C22H27N5. The van der Waals surface area contributed by atoms with Gasteiger partial charge < -0.3 is 9.47 Å². The highest BCUT2D eigenvalue weighted by atomic mass is 15.3. The summed E-state index contributed by atoms with van der Waals surface area (Å²) in [6.07, 6.45) is 7.82. The summed E-state index contributed by atoms with van der Waals surface area (Å²) in [6, 6.07) is 9.24. The molecule has 3 aromatic rings. The first-order chi connectivity index (χ1) is 13.3. The Labute approximate surface area is 160 Å². The van der Waals surface area contributed by atoms with Crippen LogP contribution in [0.5, 0.6) is 0 Å². The first kappa shape index (κ1) is 16.7. The van der Waals surface area contributed by atoms with Gasteiger partial charge in [-0.25, -0.2) is 0 Å². The van der Waals surface area contributed by atoms with Gasteiger partial charge >= 0.3 is 0 Å². The van der Waals surface area contributed by atoms with Crippen molar-refractivity contribution < 1.29 is 0 Å². The molecule has 0 bridgehead atoms. The molecular weight excluding hydrogens is 334 g/mol.